The summed E-state index contributed by atoms with van der Waals surface area (Å²) in [6, 6.07) is 13.9. The molecule has 1 heterocycles. The van der Waals surface area contributed by atoms with Crippen LogP contribution in [0.1, 0.15) is 5.56 Å². The Bertz CT molecular complexity index is 901. The smallest absolute Gasteiger partial charge is 0.263 e. The minimum atomic E-state index is -3.53. The first-order chi connectivity index (χ1) is 11.9. The number of sulfonamides is 1. The third-order valence-corrected chi connectivity index (χ3v) is 5.35. The zero-order valence-corrected chi connectivity index (χ0v) is 15.0. The van der Waals surface area contributed by atoms with Gasteiger partial charge in [-0.05, 0) is 23.8 Å². The lowest BCUT2D eigenvalue weighted by atomic mass is 10.2. The van der Waals surface area contributed by atoms with Crippen molar-refractivity contribution >= 4 is 33.2 Å². The van der Waals surface area contributed by atoms with Crippen LogP contribution in [-0.4, -0.2) is 33.2 Å². The molecule has 6 nitrogen and oxygen atoms in total. The summed E-state index contributed by atoms with van der Waals surface area (Å²) in [5.41, 5.74) is 1.20. The second-order valence-corrected chi connectivity index (χ2v) is 7.99. The average molecular weight is 381 g/mol. The van der Waals surface area contributed by atoms with E-state index in [0.717, 1.165) is 11.8 Å². The van der Waals surface area contributed by atoms with Crippen LogP contribution in [-0.2, 0) is 21.4 Å². The Kier molecular flexibility index (Phi) is 4.87. The first kappa shape index (κ1) is 17.6. The van der Waals surface area contributed by atoms with Gasteiger partial charge in [0, 0.05) is 11.6 Å². The quantitative estimate of drug-likeness (QED) is 0.882. The Labute approximate surface area is 151 Å². The van der Waals surface area contributed by atoms with Gasteiger partial charge in [0.1, 0.15) is 5.75 Å². The summed E-state index contributed by atoms with van der Waals surface area (Å²) in [4.78, 5) is 12.5. The zero-order chi connectivity index (χ0) is 18.0. The molecule has 2 aromatic carbocycles. The molecule has 0 fully saturated rings. The van der Waals surface area contributed by atoms with Gasteiger partial charge in [0.05, 0.1) is 18.5 Å². The second kappa shape index (κ2) is 6.93. The summed E-state index contributed by atoms with van der Waals surface area (Å²) < 4.78 is 31.0. The zero-order valence-electron chi connectivity index (χ0n) is 13.5. The number of para-hydroxylation sites is 2. The predicted octanol–water partition coefficient (Wildman–Crippen LogP) is 2.18. The molecule has 0 saturated carbocycles. The van der Waals surface area contributed by atoms with Gasteiger partial charge in [-0.25, -0.2) is 8.42 Å². The molecule has 3 rings (SSSR count). The van der Waals surface area contributed by atoms with E-state index in [9.17, 15) is 13.2 Å². The number of rotatable bonds is 4. The maximum Gasteiger partial charge on any atom is 0.263 e. The molecule has 0 saturated heterocycles. The topological polar surface area (TPSA) is 75.7 Å². The number of amides is 1. The van der Waals surface area contributed by atoms with Crippen LogP contribution in [0.3, 0.4) is 0 Å². The molecule has 0 bridgehead atoms. The van der Waals surface area contributed by atoms with Crippen molar-refractivity contribution in [1.82, 2.24) is 5.32 Å². The number of benzene rings is 2. The molecule has 132 valence electrons. The lowest BCUT2D eigenvalue weighted by Gasteiger charge is -2.33. The van der Waals surface area contributed by atoms with E-state index >= 15 is 0 Å². The van der Waals surface area contributed by atoms with Crippen molar-refractivity contribution < 1.29 is 17.9 Å². The molecule has 0 aliphatic carbocycles. The minimum Gasteiger partial charge on any atom is -0.476 e. The maximum absolute atomic E-state index is 12.5. The number of nitrogens with one attached hydrogen (secondary N) is 1. The summed E-state index contributed by atoms with van der Waals surface area (Å²) in [6.07, 6.45) is 0.167. The number of hydrogen-bond acceptors (Lipinski definition) is 4. The van der Waals surface area contributed by atoms with Crippen LogP contribution in [0.25, 0.3) is 0 Å². The standard InChI is InChI=1S/C17H17ClN2O4S/c1-25(22,23)20-11-16(24-15-9-5-4-8-14(15)20)17(21)19-10-12-6-2-3-7-13(12)18/h2-9,16H,10-11H2,1H3,(H,19,21)/t16-/m0/s1. The number of fused-ring (bicyclic) bond motifs is 1. The fourth-order valence-corrected chi connectivity index (χ4v) is 3.71. The van der Waals surface area contributed by atoms with E-state index in [-0.39, 0.29) is 13.1 Å². The van der Waals surface area contributed by atoms with E-state index in [1.807, 2.05) is 12.1 Å². The summed E-state index contributed by atoms with van der Waals surface area (Å²) in [6.45, 7) is 0.156. The molecule has 8 heteroatoms. The van der Waals surface area contributed by atoms with Crippen molar-refractivity contribution in [3.8, 4) is 5.75 Å². The van der Waals surface area contributed by atoms with Gasteiger partial charge in [-0.15, -0.1) is 0 Å². The SMILES string of the molecule is CS(=O)(=O)N1C[C@@H](C(=O)NCc2ccccc2Cl)Oc2ccccc21. The van der Waals surface area contributed by atoms with E-state index < -0.39 is 22.0 Å². The molecule has 25 heavy (non-hydrogen) atoms. The molecular weight excluding hydrogens is 364 g/mol. The number of hydrogen-bond donors (Lipinski definition) is 1. The molecule has 1 aliphatic heterocycles. The van der Waals surface area contributed by atoms with Crippen LogP contribution in [0.5, 0.6) is 5.75 Å². The lowest BCUT2D eigenvalue weighted by Crippen LogP contribution is -2.50. The van der Waals surface area contributed by atoms with Gasteiger partial charge in [0.25, 0.3) is 5.91 Å². The highest BCUT2D eigenvalue weighted by molar-refractivity contribution is 7.92. The lowest BCUT2D eigenvalue weighted by molar-refractivity contribution is -0.127. The number of nitrogens with zero attached hydrogens (tertiary/aromatic N) is 1. The minimum absolute atomic E-state index is 0.0792. The molecule has 0 unspecified atom stereocenters. The monoisotopic (exact) mass is 380 g/mol. The van der Waals surface area contributed by atoms with E-state index in [1.54, 1.807) is 36.4 Å². The molecule has 1 aliphatic rings. The van der Waals surface area contributed by atoms with Crippen molar-refractivity contribution in [2.24, 2.45) is 0 Å². The first-order valence-corrected chi connectivity index (χ1v) is 9.83. The first-order valence-electron chi connectivity index (χ1n) is 7.61. The van der Waals surface area contributed by atoms with Gasteiger partial charge in [-0.1, -0.05) is 41.9 Å². The summed E-state index contributed by atoms with van der Waals surface area (Å²) in [7, 11) is -3.53. The maximum atomic E-state index is 12.5. The molecule has 2 aromatic rings. The van der Waals surface area contributed by atoms with Gasteiger partial charge < -0.3 is 10.1 Å². The average Bonchev–Trinajstić information content (AvgIpc) is 2.59. The fraction of sp³-hybridized carbons (Fsp3) is 0.235. The van der Waals surface area contributed by atoms with E-state index in [4.69, 9.17) is 16.3 Å². The van der Waals surface area contributed by atoms with Crippen molar-refractivity contribution in [2.75, 3.05) is 17.1 Å². The Morgan fingerprint density at radius 1 is 1.24 bits per heavy atom. The third kappa shape index (κ3) is 3.88. The molecule has 1 amide bonds. The summed E-state index contributed by atoms with van der Waals surface area (Å²) in [5.74, 6) is -0.0415. The van der Waals surface area contributed by atoms with E-state index in [1.165, 1.54) is 4.31 Å². The highest BCUT2D eigenvalue weighted by Gasteiger charge is 2.34. The highest BCUT2D eigenvalue weighted by Crippen LogP contribution is 2.34. The fourth-order valence-electron chi connectivity index (χ4n) is 2.59. The number of carbonyl (C=O) groups is 1. The molecule has 1 N–H and O–H groups in total. The highest BCUT2D eigenvalue weighted by atomic mass is 35.5. The van der Waals surface area contributed by atoms with Crippen molar-refractivity contribution in [1.29, 1.82) is 0 Å². The van der Waals surface area contributed by atoms with Crippen LogP contribution < -0.4 is 14.4 Å². The van der Waals surface area contributed by atoms with E-state index in [0.29, 0.717) is 16.5 Å². The van der Waals surface area contributed by atoms with Gasteiger partial charge >= 0.3 is 0 Å². The van der Waals surface area contributed by atoms with Crippen LogP contribution >= 0.6 is 11.6 Å². The molecule has 0 spiro atoms. The Morgan fingerprint density at radius 2 is 1.92 bits per heavy atom. The van der Waals surface area contributed by atoms with Gasteiger partial charge in [0.2, 0.25) is 10.0 Å². The van der Waals surface area contributed by atoms with Crippen molar-refractivity contribution in [3.63, 3.8) is 0 Å². The molecule has 0 aromatic heterocycles. The van der Waals surface area contributed by atoms with Crippen LogP contribution in [0.15, 0.2) is 48.5 Å². The molecule has 1 atom stereocenters. The van der Waals surface area contributed by atoms with Crippen LogP contribution in [0.2, 0.25) is 5.02 Å². The largest absolute Gasteiger partial charge is 0.476 e. The normalized spacial score (nSPS) is 16.7. The number of ether oxygens (including phenoxy) is 1. The van der Waals surface area contributed by atoms with Crippen molar-refractivity contribution in [3.05, 3.63) is 59.1 Å². The van der Waals surface area contributed by atoms with Crippen molar-refractivity contribution in [2.45, 2.75) is 12.6 Å². The van der Waals surface area contributed by atoms with Gasteiger partial charge in [-0.3, -0.25) is 9.10 Å². The van der Waals surface area contributed by atoms with Crippen LogP contribution in [0.4, 0.5) is 5.69 Å². The van der Waals surface area contributed by atoms with Gasteiger partial charge in [0.15, 0.2) is 6.10 Å². The second-order valence-electron chi connectivity index (χ2n) is 5.68. The Hall–Kier alpha value is -2.25. The molecular formula is C17H17ClN2O4S. The molecule has 0 radical (unpaired) electrons. The number of anilines is 1. The van der Waals surface area contributed by atoms with Crippen LogP contribution in [0, 0.1) is 0 Å². The number of halogens is 1. The summed E-state index contributed by atoms with van der Waals surface area (Å²) in [5, 5.41) is 3.29. The predicted molar refractivity (Wildman–Crippen MR) is 96.3 cm³/mol. The number of carbonyl (C=O) groups excluding carboxylic acids is 1. The Morgan fingerprint density at radius 3 is 2.64 bits per heavy atom. The van der Waals surface area contributed by atoms with Gasteiger partial charge in [-0.2, -0.15) is 0 Å². The summed E-state index contributed by atoms with van der Waals surface area (Å²) >= 11 is 6.07. The third-order valence-electron chi connectivity index (χ3n) is 3.84. The van der Waals surface area contributed by atoms with E-state index in [2.05, 4.69) is 5.32 Å². The Balaban J connectivity index is 1.77.